The van der Waals surface area contributed by atoms with Crippen molar-refractivity contribution in [2.45, 2.75) is 6.18 Å². The zero-order valence-corrected chi connectivity index (χ0v) is 12.4. The normalized spacial score (nSPS) is 10.0. The van der Waals surface area contributed by atoms with Crippen LogP contribution in [0.2, 0.25) is 0 Å². The predicted octanol–water partition coefficient (Wildman–Crippen LogP) is 1.61. The Hall–Kier alpha value is -2.68. The lowest BCUT2D eigenvalue weighted by molar-refractivity contribution is -0.360. The zero-order chi connectivity index (χ0) is 17.3. The van der Waals surface area contributed by atoms with Crippen LogP contribution in [0.3, 0.4) is 0 Å². The summed E-state index contributed by atoms with van der Waals surface area (Å²) in [5.74, 6) is -2.15. The Morgan fingerprint density at radius 1 is 1.04 bits per heavy atom. The van der Waals surface area contributed by atoms with Gasteiger partial charge in [-0.3, -0.25) is 0 Å². The van der Waals surface area contributed by atoms with E-state index in [-0.39, 0.29) is 0 Å². The maximum absolute atomic E-state index is 10.5. The fourth-order valence-corrected chi connectivity index (χ4v) is 1.51. The van der Waals surface area contributed by atoms with Crippen molar-refractivity contribution >= 4 is 34.8 Å². The highest BCUT2D eigenvalue weighted by Crippen LogP contribution is 2.11. The second kappa shape index (κ2) is 8.69. The van der Waals surface area contributed by atoms with Crippen LogP contribution in [0.25, 0.3) is 0 Å². The van der Waals surface area contributed by atoms with E-state index in [4.69, 9.17) is 22.1 Å². The standard InChI is InChI=1S/C12H11N3S.C2HF3O2/c16-12(14-10-6-2-1-3-7-10)15-11-8-4-5-9-13-11;3-2(4,5)1(6)7/h1-9H,(H2,13,14,15,16);(H,6,7). The third-order valence-electron chi connectivity index (χ3n) is 2.22. The summed E-state index contributed by atoms with van der Waals surface area (Å²) in [6, 6.07) is 15.6. The van der Waals surface area contributed by atoms with Gasteiger partial charge in [0.1, 0.15) is 5.97 Å². The largest absolute Gasteiger partial charge is 0.542 e. The Morgan fingerprint density at radius 2 is 1.61 bits per heavy atom. The lowest BCUT2D eigenvalue weighted by atomic mass is 10.3. The van der Waals surface area contributed by atoms with Gasteiger partial charge < -0.3 is 15.2 Å². The number of anilines is 2. The average molecular weight is 343 g/mol. The Morgan fingerprint density at radius 3 is 2.09 bits per heavy atom. The lowest BCUT2D eigenvalue weighted by Gasteiger charge is -2.03. The van der Waals surface area contributed by atoms with Gasteiger partial charge >= 0.3 is 6.18 Å². The Bertz CT molecular complexity index is 593. The van der Waals surface area contributed by atoms with Crippen molar-refractivity contribution in [1.29, 1.82) is 0 Å². The number of pyridine rings is 1. The molecule has 0 aliphatic rings. The van der Waals surface area contributed by atoms with Gasteiger partial charge in [0.25, 0.3) is 10.9 Å². The Balaban J connectivity index is 0.000000322. The highest BCUT2D eigenvalue weighted by atomic mass is 32.1. The molecule has 0 aliphatic carbocycles. The minimum atomic E-state index is -5.19. The first-order valence-electron chi connectivity index (χ1n) is 6.17. The number of alkyl halides is 3. The lowest BCUT2D eigenvalue weighted by Crippen LogP contribution is -2.37. The van der Waals surface area contributed by atoms with Gasteiger partial charge in [-0.05, 0) is 30.4 Å². The number of carbonyl (C=O) groups is 1. The molecular weight excluding hydrogens is 331 g/mol. The molecule has 5 nitrogen and oxygen atoms in total. The topological polar surface area (TPSA) is 78.3 Å². The van der Waals surface area contributed by atoms with Gasteiger partial charge in [0, 0.05) is 11.8 Å². The van der Waals surface area contributed by atoms with E-state index in [0.29, 0.717) is 5.11 Å². The van der Waals surface area contributed by atoms with E-state index in [1.54, 1.807) is 0 Å². The molecule has 0 radical (unpaired) electrons. The minimum Gasteiger partial charge on any atom is -0.542 e. The van der Waals surface area contributed by atoms with Gasteiger partial charge in [0.05, 0.1) is 6.20 Å². The molecule has 0 aliphatic heterocycles. The van der Waals surface area contributed by atoms with Gasteiger partial charge in [-0.25, -0.2) is 10.3 Å². The summed E-state index contributed by atoms with van der Waals surface area (Å²) in [6.07, 6.45) is -3.35. The van der Waals surface area contributed by atoms with E-state index in [9.17, 15) is 13.2 Å². The first-order chi connectivity index (χ1) is 10.8. The number of H-pyrrole nitrogens is 1. The maximum Gasteiger partial charge on any atom is 0.430 e. The van der Waals surface area contributed by atoms with Crippen LogP contribution in [0.1, 0.15) is 0 Å². The van der Waals surface area contributed by atoms with Crippen LogP contribution < -0.4 is 20.7 Å². The second-order valence-corrected chi connectivity index (χ2v) is 4.41. The number of aliphatic carboxylic acids is 1. The first-order valence-corrected chi connectivity index (χ1v) is 6.58. The molecule has 1 aromatic carbocycles. The van der Waals surface area contributed by atoms with E-state index < -0.39 is 12.1 Å². The molecular formula is C14H12F3N3O2S. The van der Waals surface area contributed by atoms with Crippen molar-refractivity contribution in [3.8, 4) is 0 Å². The van der Waals surface area contributed by atoms with Crippen molar-refractivity contribution in [3.05, 3.63) is 54.7 Å². The Labute approximate surface area is 135 Å². The van der Waals surface area contributed by atoms with Crippen LogP contribution in [0.5, 0.6) is 0 Å². The molecule has 23 heavy (non-hydrogen) atoms. The number of rotatable bonds is 2. The molecule has 0 saturated heterocycles. The molecule has 0 unspecified atom stereocenters. The molecule has 0 saturated carbocycles. The van der Waals surface area contributed by atoms with E-state index >= 15 is 0 Å². The maximum atomic E-state index is 10.5. The molecule has 0 spiro atoms. The highest BCUT2D eigenvalue weighted by Gasteiger charge is 2.28. The van der Waals surface area contributed by atoms with Crippen molar-refractivity contribution in [2.75, 3.05) is 10.6 Å². The highest BCUT2D eigenvalue weighted by molar-refractivity contribution is 7.80. The number of thiocarbonyl (C=S) groups is 1. The predicted molar refractivity (Wildman–Crippen MR) is 80.3 cm³/mol. The number of para-hydroxylation sites is 1. The zero-order valence-electron chi connectivity index (χ0n) is 11.6. The van der Waals surface area contributed by atoms with Gasteiger partial charge in [0.15, 0.2) is 0 Å². The van der Waals surface area contributed by atoms with Crippen LogP contribution in [0, 0.1) is 0 Å². The number of aromatic nitrogens is 1. The summed E-state index contributed by atoms with van der Waals surface area (Å²) < 4.78 is 31.5. The van der Waals surface area contributed by atoms with E-state index in [0.717, 1.165) is 11.5 Å². The number of carboxylic acid groups (broad SMARTS) is 1. The van der Waals surface area contributed by atoms with Gasteiger partial charge in [-0.1, -0.05) is 24.3 Å². The van der Waals surface area contributed by atoms with E-state index in [2.05, 4.69) is 15.6 Å². The molecule has 3 N–H and O–H groups in total. The summed E-state index contributed by atoms with van der Waals surface area (Å²) in [5.41, 5.74) is 0.968. The smallest absolute Gasteiger partial charge is 0.430 e. The second-order valence-electron chi connectivity index (χ2n) is 4.01. The molecule has 0 amide bonds. The summed E-state index contributed by atoms with van der Waals surface area (Å²) in [4.78, 5) is 11.8. The van der Waals surface area contributed by atoms with Gasteiger partial charge in [-0.15, -0.1) is 0 Å². The van der Waals surface area contributed by atoms with Gasteiger partial charge in [0.2, 0.25) is 0 Å². The molecule has 9 heteroatoms. The Kier molecular flexibility index (Phi) is 6.94. The number of hydrogen-bond acceptors (Lipinski definition) is 3. The summed E-state index contributed by atoms with van der Waals surface area (Å²) in [7, 11) is 0. The fourth-order valence-electron chi connectivity index (χ4n) is 1.28. The third kappa shape index (κ3) is 7.77. The SMILES string of the molecule is O=C([O-])C(F)(F)F.S=C(Nc1ccccc1)Nc1cccc[nH+]1. The number of aromatic amines is 1. The molecule has 1 aromatic heterocycles. The number of carboxylic acids is 1. The van der Waals surface area contributed by atoms with Crippen molar-refractivity contribution < 1.29 is 28.1 Å². The van der Waals surface area contributed by atoms with Crippen molar-refractivity contribution in [1.82, 2.24) is 0 Å². The summed E-state index contributed by atoms with van der Waals surface area (Å²) >= 11 is 5.18. The minimum absolute atomic E-state index is 0.564. The summed E-state index contributed by atoms with van der Waals surface area (Å²) in [6.45, 7) is 0. The molecule has 2 rings (SSSR count). The molecule has 2 aromatic rings. The molecule has 1 heterocycles. The van der Waals surface area contributed by atoms with Crippen LogP contribution in [-0.2, 0) is 4.79 Å². The summed E-state index contributed by atoms with van der Waals surface area (Å²) in [5, 5.41) is 15.5. The van der Waals surface area contributed by atoms with Crippen molar-refractivity contribution in [3.63, 3.8) is 0 Å². The first kappa shape index (κ1) is 18.4. The van der Waals surface area contributed by atoms with E-state index in [1.165, 1.54) is 0 Å². The van der Waals surface area contributed by atoms with Crippen molar-refractivity contribution in [2.24, 2.45) is 0 Å². The average Bonchev–Trinajstić information content (AvgIpc) is 2.48. The number of nitrogens with one attached hydrogen (secondary N) is 3. The van der Waals surface area contributed by atoms with Gasteiger partial charge in [-0.2, -0.15) is 13.2 Å². The van der Waals surface area contributed by atoms with E-state index in [1.807, 2.05) is 54.7 Å². The molecule has 0 fully saturated rings. The fraction of sp³-hybridized carbons (Fsp3) is 0.0714. The quantitative estimate of drug-likeness (QED) is 0.810. The van der Waals surface area contributed by atoms with Crippen LogP contribution in [-0.4, -0.2) is 17.3 Å². The number of halogens is 3. The van der Waals surface area contributed by atoms with Crippen LogP contribution in [0.4, 0.5) is 24.7 Å². The van der Waals surface area contributed by atoms with Crippen LogP contribution >= 0.6 is 12.2 Å². The molecule has 122 valence electrons. The van der Waals surface area contributed by atoms with Crippen LogP contribution in [0.15, 0.2) is 54.7 Å². The molecule has 0 atom stereocenters. The molecule has 0 bridgehead atoms. The number of carbonyl (C=O) groups excluding carboxylic acids is 1. The number of hydrogen-bond donors (Lipinski definition) is 2. The monoisotopic (exact) mass is 343 g/mol. The third-order valence-corrected chi connectivity index (χ3v) is 2.42. The number of benzene rings is 1.